The molecule has 1 rings (SSSR count). The maximum atomic E-state index is 3.33. The van der Waals surface area contributed by atoms with Crippen LogP contribution in [0.4, 0.5) is 0 Å². The highest BCUT2D eigenvalue weighted by Gasteiger charge is 2.22. The zero-order chi connectivity index (χ0) is 7.78. The Bertz CT molecular complexity index is 191. The Labute approximate surface area is 64.7 Å². The Hall–Kier alpha value is -0.303. The van der Waals surface area contributed by atoms with Crippen molar-refractivity contribution in [1.82, 2.24) is 0 Å². The van der Waals surface area contributed by atoms with Crippen molar-refractivity contribution in [2.24, 2.45) is 0 Å². The second-order valence-electron chi connectivity index (χ2n) is 3.87. The smallest absolute Gasteiger partial charge is 0.0775 e. The van der Waals surface area contributed by atoms with Crippen LogP contribution >= 0.6 is 0 Å². The van der Waals surface area contributed by atoms with Gasteiger partial charge in [-0.3, -0.25) is 0 Å². The first kappa shape index (κ1) is 7.80. The van der Waals surface area contributed by atoms with Crippen LogP contribution in [0.5, 0.6) is 0 Å². The van der Waals surface area contributed by atoms with E-state index >= 15 is 0 Å². The molecular weight excluding hydrogens is 136 g/mol. The van der Waals surface area contributed by atoms with Crippen LogP contribution in [0.2, 0.25) is 19.6 Å². The molecule has 10 heavy (non-hydrogen) atoms. The molecule has 0 aromatic carbocycles. The van der Waals surface area contributed by atoms with E-state index < -0.39 is 8.07 Å². The van der Waals surface area contributed by atoms with Gasteiger partial charge in [-0.2, -0.15) is 0 Å². The maximum Gasteiger partial charge on any atom is 0.0775 e. The van der Waals surface area contributed by atoms with Crippen LogP contribution in [0, 0.1) is 6.08 Å². The molecule has 0 amide bonds. The topological polar surface area (TPSA) is 0 Å². The van der Waals surface area contributed by atoms with Crippen LogP contribution in [0.15, 0.2) is 16.8 Å². The fourth-order valence-corrected chi connectivity index (χ4v) is 3.35. The molecule has 0 nitrogen and oxygen atoms in total. The van der Waals surface area contributed by atoms with Gasteiger partial charge in [0.1, 0.15) is 0 Å². The molecule has 0 unspecified atom stereocenters. The lowest BCUT2D eigenvalue weighted by Gasteiger charge is -2.18. The van der Waals surface area contributed by atoms with E-state index in [0.717, 1.165) is 6.42 Å². The largest absolute Gasteiger partial charge is 0.0806 e. The van der Waals surface area contributed by atoms with Gasteiger partial charge in [0.05, 0.1) is 8.07 Å². The van der Waals surface area contributed by atoms with Gasteiger partial charge in [0.15, 0.2) is 0 Å². The van der Waals surface area contributed by atoms with Crippen molar-refractivity contribution >= 4 is 8.07 Å². The molecule has 0 N–H and O–H groups in total. The van der Waals surface area contributed by atoms with Gasteiger partial charge in [-0.15, -0.1) is 0 Å². The first-order chi connectivity index (χ1) is 4.52. The standard InChI is InChI=1S/C9H15Si/c1-8-6-5-7-9(8)10(2,3)4/h7H,5H2,1-4H3. The summed E-state index contributed by atoms with van der Waals surface area (Å²) in [5.74, 6) is 0. The van der Waals surface area contributed by atoms with Crippen molar-refractivity contribution in [3.8, 4) is 0 Å². The summed E-state index contributed by atoms with van der Waals surface area (Å²) >= 11 is 0. The van der Waals surface area contributed by atoms with Crippen molar-refractivity contribution in [2.45, 2.75) is 33.0 Å². The molecule has 0 fully saturated rings. The van der Waals surface area contributed by atoms with E-state index in [9.17, 15) is 0 Å². The minimum atomic E-state index is -1.03. The summed E-state index contributed by atoms with van der Waals surface area (Å²) in [6.07, 6.45) is 6.72. The minimum Gasteiger partial charge on any atom is -0.0806 e. The number of hydrogen-bond donors (Lipinski definition) is 0. The third-order valence-corrected chi connectivity index (χ3v) is 4.08. The van der Waals surface area contributed by atoms with E-state index in [1.165, 1.54) is 5.57 Å². The zero-order valence-corrected chi connectivity index (χ0v) is 8.28. The molecule has 1 aliphatic rings. The molecule has 1 heteroatoms. The maximum absolute atomic E-state index is 3.33. The monoisotopic (exact) mass is 151 g/mol. The minimum absolute atomic E-state index is 1.03. The van der Waals surface area contributed by atoms with Crippen molar-refractivity contribution in [2.75, 3.05) is 0 Å². The summed E-state index contributed by atoms with van der Waals surface area (Å²) in [6.45, 7) is 9.33. The molecule has 1 radical (unpaired) electrons. The average Bonchev–Trinajstić information content (AvgIpc) is 2.11. The van der Waals surface area contributed by atoms with Crippen LogP contribution in [0.1, 0.15) is 13.3 Å². The third-order valence-electron chi connectivity index (χ3n) is 1.89. The molecule has 0 aliphatic heterocycles. The van der Waals surface area contributed by atoms with Crippen molar-refractivity contribution in [3.05, 3.63) is 22.9 Å². The predicted molar refractivity (Wildman–Crippen MR) is 48.5 cm³/mol. The molecule has 0 bridgehead atoms. The summed E-state index contributed by atoms with van der Waals surface area (Å²) in [5, 5.41) is 1.60. The Morgan fingerprint density at radius 1 is 1.40 bits per heavy atom. The third kappa shape index (κ3) is 1.40. The summed E-state index contributed by atoms with van der Waals surface area (Å²) < 4.78 is 0. The van der Waals surface area contributed by atoms with E-state index in [2.05, 4.69) is 38.7 Å². The van der Waals surface area contributed by atoms with Gasteiger partial charge in [0, 0.05) is 0 Å². The number of rotatable bonds is 1. The molecule has 0 heterocycles. The van der Waals surface area contributed by atoms with Crippen LogP contribution in [-0.2, 0) is 0 Å². The second-order valence-corrected chi connectivity index (χ2v) is 8.91. The van der Waals surface area contributed by atoms with Gasteiger partial charge in [0.25, 0.3) is 0 Å². The van der Waals surface area contributed by atoms with Gasteiger partial charge in [-0.25, -0.2) is 0 Å². The quantitative estimate of drug-likeness (QED) is 0.505. The first-order valence-corrected chi connectivity index (χ1v) is 7.30. The lowest BCUT2D eigenvalue weighted by molar-refractivity contribution is 1.36. The normalized spacial score (nSPS) is 18.8. The SMILES string of the molecule is CC1=[C]CC=C1[Si](C)(C)C. The lowest BCUT2D eigenvalue weighted by Crippen LogP contribution is -2.23. The Morgan fingerprint density at radius 2 is 2.00 bits per heavy atom. The predicted octanol–water partition coefficient (Wildman–Crippen LogP) is 2.94. The fourth-order valence-electron chi connectivity index (χ4n) is 1.42. The molecule has 0 saturated carbocycles. The van der Waals surface area contributed by atoms with Gasteiger partial charge >= 0.3 is 0 Å². The van der Waals surface area contributed by atoms with E-state index in [1.54, 1.807) is 5.20 Å². The molecule has 0 aromatic rings. The van der Waals surface area contributed by atoms with Crippen molar-refractivity contribution in [1.29, 1.82) is 0 Å². The molecule has 0 aromatic heterocycles. The summed E-state index contributed by atoms with van der Waals surface area (Å²) in [5.41, 5.74) is 1.40. The molecule has 1 aliphatic carbocycles. The summed E-state index contributed by atoms with van der Waals surface area (Å²) in [7, 11) is -1.03. The van der Waals surface area contributed by atoms with Crippen molar-refractivity contribution < 1.29 is 0 Å². The number of hydrogen-bond acceptors (Lipinski definition) is 0. The van der Waals surface area contributed by atoms with Crippen molar-refractivity contribution in [3.63, 3.8) is 0 Å². The Balaban J connectivity index is 2.85. The lowest BCUT2D eigenvalue weighted by atomic mass is 10.3. The van der Waals surface area contributed by atoms with E-state index in [4.69, 9.17) is 0 Å². The van der Waals surface area contributed by atoms with Gasteiger partial charge < -0.3 is 0 Å². The van der Waals surface area contributed by atoms with Gasteiger partial charge in [-0.1, -0.05) is 30.9 Å². The van der Waals surface area contributed by atoms with Gasteiger partial charge in [-0.05, 0) is 25.0 Å². The highest BCUT2D eigenvalue weighted by Crippen LogP contribution is 2.26. The highest BCUT2D eigenvalue weighted by molar-refractivity contribution is 6.84. The van der Waals surface area contributed by atoms with E-state index in [1.807, 2.05) is 0 Å². The van der Waals surface area contributed by atoms with Crippen LogP contribution in [0.25, 0.3) is 0 Å². The molecule has 55 valence electrons. The number of allylic oxidation sites excluding steroid dienone is 4. The molecule has 0 atom stereocenters. The van der Waals surface area contributed by atoms with Crippen LogP contribution in [-0.4, -0.2) is 8.07 Å². The fraction of sp³-hybridized carbons (Fsp3) is 0.556. The molecule has 0 spiro atoms. The second kappa shape index (κ2) is 2.39. The zero-order valence-electron chi connectivity index (χ0n) is 7.28. The van der Waals surface area contributed by atoms with Gasteiger partial charge in [0.2, 0.25) is 0 Å². The highest BCUT2D eigenvalue weighted by atomic mass is 28.3. The molecular formula is C9H15Si. The average molecular weight is 151 g/mol. The van der Waals surface area contributed by atoms with Crippen LogP contribution in [0.3, 0.4) is 0 Å². The van der Waals surface area contributed by atoms with Crippen LogP contribution < -0.4 is 0 Å². The summed E-state index contributed by atoms with van der Waals surface area (Å²) in [4.78, 5) is 0. The van der Waals surface area contributed by atoms with E-state index in [0.29, 0.717) is 0 Å². The first-order valence-electron chi connectivity index (χ1n) is 3.80. The van der Waals surface area contributed by atoms with E-state index in [-0.39, 0.29) is 0 Å². The molecule has 0 saturated heterocycles. The Morgan fingerprint density at radius 3 is 2.20 bits per heavy atom. The summed E-state index contributed by atoms with van der Waals surface area (Å²) in [6, 6.07) is 0. The Kier molecular flexibility index (Phi) is 1.86.